The van der Waals surface area contributed by atoms with Gasteiger partial charge >= 0.3 is 5.95 Å². The molecular formula is C18H26N5O3+. The van der Waals surface area contributed by atoms with Crippen LogP contribution in [0.25, 0.3) is 10.9 Å². The Kier molecular flexibility index (Phi) is 4.94. The highest BCUT2D eigenvalue weighted by Gasteiger charge is 2.26. The van der Waals surface area contributed by atoms with Gasteiger partial charge in [0.1, 0.15) is 0 Å². The van der Waals surface area contributed by atoms with Crippen LogP contribution >= 0.6 is 0 Å². The van der Waals surface area contributed by atoms with Crippen LogP contribution < -0.4 is 25.1 Å². The lowest BCUT2D eigenvalue weighted by molar-refractivity contribution is -0.657. The van der Waals surface area contributed by atoms with Crippen LogP contribution in [0.4, 0.5) is 11.8 Å². The summed E-state index contributed by atoms with van der Waals surface area (Å²) in [4.78, 5) is 6.96. The highest BCUT2D eigenvalue weighted by Crippen LogP contribution is 2.37. The molecule has 0 atom stereocenters. The van der Waals surface area contributed by atoms with Gasteiger partial charge in [0.05, 0.1) is 45.4 Å². The minimum absolute atomic E-state index is 0.486. The maximum absolute atomic E-state index is 6.12. The third-order valence-electron chi connectivity index (χ3n) is 4.94. The third kappa shape index (κ3) is 3.22. The van der Waals surface area contributed by atoms with E-state index in [2.05, 4.69) is 15.2 Å². The molecule has 1 aromatic heterocycles. The molecule has 0 bridgehead atoms. The Bertz CT molecular complexity index is 792. The zero-order chi connectivity index (χ0) is 17.9. The number of ether oxygens (including phenoxy) is 3. The highest BCUT2D eigenvalue weighted by atomic mass is 16.5. The molecule has 0 unspecified atom stereocenters. The topological polar surface area (TPSA) is 85.8 Å². The molecule has 1 fully saturated rings. The third-order valence-corrected chi connectivity index (χ3v) is 4.94. The van der Waals surface area contributed by atoms with Gasteiger partial charge in [0, 0.05) is 19.6 Å². The van der Waals surface area contributed by atoms with E-state index in [1.54, 1.807) is 7.11 Å². The molecular weight excluding hydrogens is 334 g/mol. The van der Waals surface area contributed by atoms with Crippen LogP contribution in [-0.2, 0) is 11.3 Å². The van der Waals surface area contributed by atoms with Crippen molar-refractivity contribution in [3.8, 4) is 11.5 Å². The van der Waals surface area contributed by atoms with Crippen LogP contribution in [0.15, 0.2) is 12.1 Å². The monoisotopic (exact) mass is 360 g/mol. The fraction of sp³-hybridized carbons (Fsp3) is 0.556. The summed E-state index contributed by atoms with van der Waals surface area (Å²) in [7, 11) is 1.64. The number of hydrogen-bond donors (Lipinski definition) is 2. The van der Waals surface area contributed by atoms with Crippen molar-refractivity contribution in [1.29, 1.82) is 0 Å². The van der Waals surface area contributed by atoms with Gasteiger partial charge in [-0.25, -0.2) is 4.57 Å². The second-order valence-corrected chi connectivity index (χ2v) is 6.55. The first kappa shape index (κ1) is 17.1. The van der Waals surface area contributed by atoms with E-state index in [0.29, 0.717) is 24.1 Å². The Balaban J connectivity index is 1.49. The molecule has 8 nitrogen and oxygen atoms in total. The van der Waals surface area contributed by atoms with E-state index in [-0.39, 0.29) is 0 Å². The van der Waals surface area contributed by atoms with Crippen molar-refractivity contribution in [2.24, 2.45) is 0 Å². The number of benzene rings is 1. The van der Waals surface area contributed by atoms with Crippen LogP contribution in [-0.4, -0.2) is 63.0 Å². The predicted octanol–water partition coefficient (Wildman–Crippen LogP) is 0.640. The van der Waals surface area contributed by atoms with E-state index in [1.165, 1.54) is 0 Å². The largest absolute Gasteiger partial charge is 0.490 e. The number of nitrogens with zero attached hydrogens (tertiary/aromatic N) is 3. The van der Waals surface area contributed by atoms with Gasteiger partial charge in [-0.2, -0.15) is 0 Å². The van der Waals surface area contributed by atoms with E-state index in [1.807, 2.05) is 16.7 Å². The van der Waals surface area contributed by atoms with Crippen molar-refractivity contribution in [2.45, 2.75) is 13.0 Å². The molecule has 1 aromatic carbocycles. The van der Waals surface area contributed by atoms with Gasteiger partial charge in [-0.3, -0.25) is 4.90 Å². The molecule has 2 aromatic rings. The maximum atomic E-state index is 6.12. The van der Waals surface area contributed by atoms with Crippen LogP contribution in [0.1, 0.15) is 6.42 Å². The SMILES string of the molecule is COc1c(OCCCN2CCOCC2)ccc2c3[n+](c(N)nc12)CCN3. The van der Waals surface area contributed by atoms with Crippen molar-refractivity contribution in [3.05, 3.63) is 12.1 Å². The summed E-state index contributed by atoms with van der Waals surface area (Å²) >= 11 is 0. The van der Waals surface area contributed by atoms with Gasteiger partial charge in [0.25, 0.3) is 0 Å². The van der Waals surface area contributed by atoms with Crippen LogP contribution in [0.5, 0.6) is 11.5 Å². The van der Waals surface area contributed by atoms with Gasteiger partial charge in [0.2, 0.25) is 5.82 Å². The maximum Gasteiger partial charge on any atom is 0.345 e. The molecule has 3 N–H and O–H groups in total. The van der Waals surface area contributed by atoms with E-state index >= 15 is 0 Å². The standard InChI is InChI=1S/C18H25N5O3/c1-24-16-14(26-10-2-6-22-8-11-25-12-9-22)4-3-13-15(16)21-18(19)23-7-5-20-17(13)23/h3-4H,2,5-12H2,1H3,(H2,19,20,21)/p+1. The van der Waals surface area contributed by atoms with Crippen molar-refractivity contribution in [2.75, 3.05) is 64.2 Å². The van der Waals surface area contributed by atoms with Gasteiger partial charge in [0.15, 0.2) is 17.0 Å². The average molecular weight is 360 g/mol. The van der Waals surface area contributed by atoms with Crippen molar-refractivity contribution in [3.63, 3.8) is 0 Å². The summed E-state index contributed by atoms with van der Waals surface area (Å²) in [6.45, 7) is 6.96. The number of aromatic nitrogens is 2. The van der Waals surface area contributed by atoms with Gasteiger partial charge in [-0.1, -0.05) is 0 Å². The van der Waals surface area contributed by atoms with Gasteiger partial charge < -0.3 is 25.3 Å². The predicted molar refractivity (Wildman–Crippen MR) is 98.8 cm³/mol. The lowest BCUT2D eigenvalue weighted by atomic mass is 10.2. The lowest BCUT2D eigenvalue weighted by Gasteiger charge is -2.26. The number of methoxy groups -OCH3 is 1. The fourth-order valence-electron chi connectivity index (χ4n) is 3.60. The second kappa shape index (κ2) is 7.51. The second-order valence-electron chi connectivity index (χ2n) is 6.55. The molecule has 3 heterocycles. The molecule has 0 spiro atoms. The molecule has 1 saturated heterocycles. The number of fused-ring (bicyclic) bond motifs is 3. The number of anilines is 2. The zero-order valence-electron chi connectivity index (χ0n) is 15.2. The molecule has 2 aliphatic heterocycles. The van der Waals surface area contributed by atoms with Crippen LogP contribution in [0.2, 0.25) is 0 Å². The molecule has 0 amide bonds. The molecule has 0 saturated carbocycles. The number of nitrogen functional groups attached to an aromatic ring is 1. The molecule has 26 heavy (non-hydrogen) atoms. The number of morpholine rings is 1. The first-order valence-electron chi connectivity index (χ1n) is 9.14. The van der Waals surface area contributed by atoms with E-state index < -0.39 is 0 Å². The number of nitrogens with two attached hydrogens (primary N) is 1. The van der Waals surface area contributed by atoms with E-state index in [4.69, 9.17) is 19.9 Å². The Morgan fingerprint density at radius 2 is 2.19 bits per heavy atom. The van der Waals surface area contributed by atoms with Crippen molar-refractivity contribution < 1.29 is 18.8 Å². The molecule has 0 radical (unpaired) electrons. The van der Waals surface area contributed by atoms with Crippen molar-refractivity contribution >= 4 is 22.7 Å². The number of nitrogens with one attached hydrogen (secondary N) is 1. The Labute approximate surface area is 152 Å². The normalized spacial score (nSPS) is 17.1. The highest BCUT2D eigenvalue weighted by molar-refractivity contribution is 5.94. The summed E-state index contributed by atoms with van der Waals surface area (Å²) in [5, 5.41) is 4.37. The summed E-state index contributed by atoms with van der Waals surface area (Å²) in [5.74, 6) is 2.82. The lowest BCUT2D eigenvalue weighted by Crippen LogP contribution is -2.37. The summed E-state index contributed by atoms with van der Waals surface area (Å²) in [6.07, 6.45) is 0.957. The minimum atomic E-state index is 0.486. The Morgan fingerprint density at radius 3 is 3.00 bits per heavy atom. The average Bonchev–Trinajstić information content (AvgIpc) is 3.16. The first-order valence-corrected chi connectivity index (χ1v) is 9.14. The van der Waals surface area contributed by atoms with E-state index in [0.717, 1.165) is 69.1 Å². The Morgan fingerprint density at radius 1 is 1.35 bits per heavy atom. The Hall–Kier alpha value is -2.32. The molecule has 8 heteroatoms. The summed E-state index contributed by atoms with van der Waals surface area (Å²) < 4.78 is 19.0. The summed E-state index contributed by atoms with van der Waals surface area (Å²) in [5.41, 5.74) is 6.85. The first-order chi connectivity index (χ1) is 12.8. The van der Waals surface area contributed by atoms with E-state index in [9.17, 15) is 0 Å². The number of rotatable bonds is 6. The molecule has 4 rings (SSSR count). The quantitative estimate of drug-likeness (QED) is 0.577. The minimum Gasteiger partial charge on any atom is -0.490 e. The van der Waals surface area contributed by atoms with Crippen LogP contribution in [0, 0.1) is 0 Å². The fourth-order valence-corrected chi connectivity index (χ4v) is 3.60. The molecule has 0 aliphatic carbocycles. The van der Waals surface area contributed by atoms with Crippen LogP contribution in [0.3, 0.4) is 0 Å². The summed E-state index contributed by atoms with van der Waals surface area (Å²) in [6, 6.07) is 3.97. The molecule has 140 valence electrons. The smallest absolute Gasteiger partial charge is 0.345 e. The number of hydrogen-bond acceptors (Lipinski definition) is 7. The van der Waals surface area contributed by atoms with Gasteiger partial charge in [-0.15, -0.1) is 4.98 Å². The van der Waals surface area contributed by atoms with Crippen molar-refractivity contribution in [1.82, 2.24) is 9.88 Å². The van der Waals surface area contributed by atoms with Gasteiger partial charge in [-0.05, 0) is 18.6 Å². The molecule has 2 aliphatic rings. The zero-order valence-corrected chi connectivity index (χ0v) is 15.2.